The second-order valence-electron chi connectivity index (χ2n) is 6.62. The number of hydrogen-bond donors (Lipinski definition) is 1. The van der Waals surface area contributed by atoms with Crippen LogP contribution in [-0.4, -0.2) is 35.9 Å². The molecule has 1 aromatic rings. The molecule has 1 unspecified atom stereocenters. The Bertz CT molecular complexity index is 579. The van der Waals surface area contributed by atoms with E-state index in [9.17, 15) is 9.90 Å². The molecule has 1 aromatic carbocycles. The van der Waals surface area contributed by atoms with E-state index in [4.69, 9.17) is 4.74 Å². The SMILES string of the molecule is O=C(O)c1ccc2c(c1)N(C1CCOC3(CCC3)C1)CC2. The highest BCUT2D eigenvalue weighted by Crippen LogP contribution is 2.45. The molecule has 1 saturated heterocycles. The zero-order valence-corrected chi connectivity index (χ0v) is 12.2. The Morgan fingerprint density at radius 1 is 1.38 bits per heavy atom. The average Bonchev–Trinajstić information content (AvgIpc) is 2.88. The standard InChI is InChI=1S/C17H21NO3/c19-16(20)13-3-2-12-4-8-18(15(12)10-13)14-5-9-21-17(11-14)6-1-7-17/h2-3,10,14H,1,4-9,11H2,(H,19,20). The summed E-state index contributed by atoms with van der Waals surface area (Å²) >= 11 is 0. The van der Waals surface area contributed by atoms with Crippen molar-refractivity contribution in [1.29, 1.82) is 0 Å². The van der Waals surface area contributed by atoms with Crippen molar-refractivity contribution < 1.29 is 14.6 Å². The highest BCUT2D eigenvalue weighted by atomic mass is 16.5. The number of fused-ring (bicyclic) bond motifs is 1. The highest BCUT2D eigenvalue weighted by Gasteiger charge is 2.44. The summed E-state index contributed by atoms with van der Waals surface area (Å²) < 4.78 is 6.02. The Morgan fingerprint density at radius 2 is 2.24 bits per heavy atom. The number of benzene rings is 1. The molecule has 1 aliphatic carbocycles. The van der Waals surface area contributed by atoms with Gasteiger partial charge in [0.25, 0.3) is 0 Å². The minimum atomic E-state index is -0.841. The maximum atomic E-state index is 11.2. The van der Waals surface area contributed by atoms with Gasteiger partial charge in [0.05, 0.1) is 11.2 Å². The number of rotatable bonds is 2. The highest BCUT2D eigenvalue weighted by molar-refractivity contribution is 5.89. The summed E-state index contributed by atoms with van der Waals surface area (Å²) in [6.45, 7) is 1.86. The van der Waals surface area contributed by atoms with Crippen LogP contribution in [-0.2, 0) is 11.2 Å². The smallest absolute Gasteiger partial charge is 0.335 e. The van der Waals surface area contributed by atoms with Crippen LogP contribution in [0.25, 0.3) is 0 Å². The third-order valence-electron chi connectivity index (χ3n) is 5.44. The molecule has 4 rings (SSSR count). The van der Waals surface area contributed by atoms with Crippen molar-refractivity contribution in [3.05, 3.63) is 29.3 Å². The van der Waals surface area contributed by atoms with Gasteiger partial charge in [-0.3, -0.25) is 0 Å². The molecular formula is C17H21NO3. The Labute approximate surface area is 124 Å². The van der Waals surface area contributed by atoms with Gasteiger partial charge >= 0.3 is 5.97 Å². The fraction of sp³-hybridized carbons (Fsp3) is 0.588. The molecule has 1 saturated carbocycles. The van der Waals surface area contributed by atoms with E-state index in [1.165, 1.54) is 24.8 Å². The summed E-state index contributed by atoms with van der Waals surface area (Å²) in [4.78, 5) is 13.6. The number of carbonyl (C=O) groups is 1. The lowest BCUT2D eigenvalue weighted by Gasteiger charge is -2.49. The summed E-state index contributed by atoms with van der Waals surface area (Å²) in [5.74, 6) is -0.841. The van der Waals surface area contributed by atoms with Gasteiger partial charge in [-0.15, -0.1) is 0 Å². The van der Waals surface area contributed by atoms with E-state index in [1.54, 1.807) is 6.07 Å². The second kappa shape index (κ2) is 4.73. The van der Waals surface area contributed by atoms with Gasteiger partial charge in [-0.2, -0.15) is 0 Å². The van der Waals surface area contributed by atoms with Crippen LogP contribution < -0.4 is 4.90 Å². The minimum absolute atomic E-state index is 0.135. The molecule has 2 heterocycles. The molecule has 0 bridgehead atoms. The molecular weight excluding hydrogens is 266 g/mol. The first-order chi connectivity index (χ1) is 10.2. The number of carboxylic acid groups (broad SMARTS) is 1. The van der Waals surface area contributed by atoms with Crippen molar-refractivity contribution >= 4 is 11.7 Å². The van der Waals surface area contributed by atoms with Crippen LogP contribution in [0, 0.1) is 0 Å². The number of carboxylic acids is 1. The lowest BCUT2D eigenvalue weighted by molar-refractivity contribution is -0.132. The first kappa shape index (κ1) is 13.1. The van der Waals surface area contributed by atoms with Crippen LogP contribution in [0.1, 0.15) is 48.0 Å². The number of nitrogens with zero attached hydrogens (tertiary/aromatic N) is 1. The van der Waals surface area contributed by atoms with Crippen molar-refractivity contribution in [2.45, 2.75) is 50.2 Å². The maximum absolute atomic E-state index is 11.2. The molecule has 1 atom stereocenters. The minimum Gasteiger partial charge on any atom is -0.478 e. The first-order valence-corrected chi connectivity index (χ1v) is 7.94. The van der Waals surface area contributed by atoms with E-state index >= 15 is 0 Å². The lowest BCUT2D eigenvalue weighted by Crippen LogP contribution is -2.52. The van der Waals surface area contributed by atoms with E-state index in [0.717, 1.165) is 38.1 Å². The van der Waals surface area contributed by atoms with Gasteiger partial charge in [-0.1, -0.05) is 6.07 Å². The summed E-state index contributed by atoms with van der Waals surface area (Å²) in [7, 11) is 0. The first-order valence-electron chi connectivity index (χ1n) is 7.94. The van der Waals surface area contributed by atoms with Crippen molar-refractivity contribution in [1.82, 2.24) is 0 Å². The molecule has 1 N–H and O–H groups in total. The summed E-state index contributed by atoms with van der Waals surface area (Å²) in [5.41, 5.74) is 2.95. The number of aromatic carboxylic acids is 1. The van der Waals surface area contributed by atoms with E-state index in [-0.39, 0.29) is 5.60 Å². The van der Waals surface area contributed by atoms with Gasteiger partial charge in [-0.05, 0) is 56.2 Å². The van der Waals surface area contributed by atoms with Crippen molar-refractivity contribution in [2.24, 2.45) is 0 Å². The van der Waals surface area contributed by atoms with Gasteiger partial charge in [0.15, 0.2) is 0 Å². The fourth-order valence-corrected chi connectivity index (χ4v) is 4.10. The Morgan fingerprint density at radius 3 is 2.95 bits per heavy atom. The van der Waals surface area contributed by atoms with E-state index in [0.29, 0.717) is 11.6 Å². The predicted octanol–water partition coefficient (Wildman–Crippen LogP) is 2.85. The predicted molar refractivity (Wildman–Crippen MR) is 80.0 cm³/mol. The lowest BCUT2D eigenvalue weighted by atomic mass is 9.73. The molecule has 4 heteroatoms. The third-order valence-corrected chi connectivity index (χ3v) is 5.44. The summed E-state index contributed by atoms with van der Waals surface area (Å²) in [5, 5.41) is 9.20. The van der Waals surface area contributed by atoms with Gasteiger partial charge in [0.1, 0.15) is 0 Å². The molecule has 0 aromatic heterocycles. The van der Waals surface area contributed by atoms with Gasteiger partial charge in [0, 0.05) is 24.9 Å². The van der Waals surface area contributed by atoms with Crippen molar-refractivity contribution in [3.63, 3.8) is 0 Å². The van der Waals surface area contributed by atoms with Crippen molar-refractivity contribution in [2.75, 3.05) is 18.1 Å². The van der Waals surface area contributed by atoms with Gasteiger partial charge < -0.3 is 14.7 Å². The average molecular weight is 287 g/mol. The number of hydrogen-bond acceptors (Lipinski definition) is 3. The monoisotopic (exact) mass is 287 g/mol. The second-order valence-corrected chi connectivity index (χ2v) is 6.62. The molecule has 0 radical (unpaired) electrons. The number of anilines is 1. The van der Waals surface area contributed by atoms with E-state index < -0.39 is 5.97 Å². The zero-order chi connectivity index (χ0) is 14.4. The molecule has 2 aliphatic heterocycles. The normalized spacial score (nSPS) is 26.5. The molecule has 2 fully saturated rings. The Kier molecular flexibility index (Phi) is 2.96. The zero-order valence-electron chi connectivity index (χ0n) is 12.2. The summed E-state index contributed by atoms with van der Waals surface area (Å²) in [6.07, 6.45) is 6.85. The van der Waals surface area contributed by atoms with Gasteiger partial charge in [0.2, 0.25) is 0 Å². The molecule has 21 heavy (non-hydrogen) atoms. The Balaban J connectivity index is 1.60. The number of ether oxygens (including phenoxy) is 1. The van der Waals surface area contributed by atoms with Crippen molar-refractivity contribution in [3.8, 4) is 0 Å². The van der Waals surface area contributed by atoms with Crippen LogP contribution in [0.15, 0.2) is 18.2 Å². The Hall–Kier alpha value is -1.55. The molecule has 1 spiro atoms. The quantitative estimate of drug-likeness (QED) is 0.908. The van der Waals surface area contributed by atoms with Gasteiger partial charge in [-0.25, -0.2) is 4.79 Å². The molecule has 112 valence electrons. The molecule has 0 amide bonds. The van der Waals surface area contributed by atoms with Crippen LogP contribution in [0.2, 0.25) is 0 Å². The topological polar surface area (TPSA) is 49.8 Å². The molecule has 4 nitrogen and oxygen atoms in total. The maximum Gasteiger partial charge on any atom is 0.335 e. The summed E-state index contributed by atoms with van der Waals surface area (Å²) in [6, 6.07) is 6.07. The largest absolute Gasteiger partial charge is 0.478 e. The van der Waals surface area contributed by atoms with E-state index in [1.807, 2.05) is 12.1 Å². The fourth-order valence-electron chi connectivity index (χ4n) is 4.10. The molecule has 3 aliphatic rings. The van der Waals surface area contributed by atoms with E-state index in [2.05, 4.69) is 4.90 Å². The van der Waals surface area contributed by atoms with Crippen LogP contribution in [0.4, 0.5) is 5.69 Å². The van der Waals surface area contributed by atoms with Crippen LogP contribution >= 0.6 is 0 Å². The van der Waals surface area contributed by atoms with Crippen LogP contribution in [0.5, 0.6) is 0 Å². The third kappa shape index (κ3) is 2.13. The van der Waals surface area contributed by atoms with Crippen LogP contribution in [0.3, 0.4) is 0 Å².